The third-order valence-electron chi connectivity index (χ3n) is 5.56. The number of aryl methyl sites for hydroxylation is 1. The van der Waals surface area contributed by atoms with E-state index in [1.807, 2.05) is 25.1 Å². The first-order valence-corrected chi connectivity index (χ1v) is 12.3. The maximum absolute atomic E-state index is 13.0. The van der Waals surface area contributed by atoms with Crippen LogP contribution in [0.15, 0.2) is 53.9 Å². The van der Waals surface area contributed by atoms with Gasteiger partial charge in [0.1, 0.15) is 0 Å². The Hall–Kier alpha value is -3.41. The summed E-state index contributed by atoms with van der Waals surface area (Å²) in [6.45, 7) is 2.60. The lowest BCUT2D eigenvalue weighted by Crippen LogP contribution is -2.50. The standard InChI is InChI=1S/C22H20ClN7O3S/c1-14-3-2-4-17(26-14)15-12-24-20(25-13-15)21(31)29-7-9-30(10-8-29)34(32,33)22-27-18-6-5-16(23)11-19(18)28-22/h2-6,11-13H,7-10H2,1H3,(H,27,28). The number of amides is 1. The molecular formula is C22H20ClN7O3S. The number of aromatic nitrogens is 5. The van der Waals surface area contributed by atoms with Crippen molar-refractivity contribution in [3.8, 4) is 11.3 Å². The van der Waals surface area contributed by atoms with Crippen molar-refractivity contribution < 1.29 is 13.2 Å². The van der Waals surface area contributed by atoms with Crippen molar-refractivity contribution in [1.29, 1.82) is 0 Å². The van der Waals surface area contributed by atoms with Gasteiger partial charge in [0, 0.05) is 54.9 Å². The second-order valence-corrected chi connectivity index (χ2v) is 10.1. The summed E-state index contributed by atoms with van der Waals surface area (Å²) in [5, 5.41) is 0.339. The first kappa shape index (κ1) is 22.4. The number of pyridine rings is 1. The number of benzene rings is 1. The molecule has 0 unspecified atom stereocenters. The number of nitrogens with one attached hydrogen (secondary N) is 1. The number of rotatable bonds is 4. The molecule has 5 rings (SSSR count). The molecule has 0 spiro atoms. The number of H-pyrrole nitrogens is 1. The normalized spacial score (nSPS) is 15.1. The van der Waals surface area contributed by atoms with Crippen LogP contribution in [0.1, 0.15) is 16.3 Å². The topological polar surface area (TPSA) is 125 Å². The molecule has 1 aliphatic heterocycles. The van der Waals surface area contributed by atoms with Gasteiger partial charge < -0.3 is 9.88 Å². The van der Waals surface area contributed by atoms with Gasteiger partial charge in [0.05, 0.1) is 16.7 Å². The molecular weight excluding hydrogens is 478 g/mol. The molecule has 12 heteroatoms. The van der Waals surface area contributed by atoms with Crippen LogP contribution >= 0.6 is 11.6 Å². The Morgan fingerprint density at radius 2 is 1.76 bits per heavy atom. The monoisotopic (exact) mass is 497 g/mol. The van der Waals surface area contributed by atoms with Gasteiger partial charge in [-0.15, -0.1) is 0 Å². The summed E-state index contributed by atoms with van der Waals surface area (Å²) in [7, 11) is -3.84. The number of aromatic amines is 1. The summed E-state index contributed by atoms with van der Waals surface area (Å²) >= 11 is 5.97. The molecule has 10 nitrogen and oxygen atoms in total. The summed E-state index contributed by atoms with van der Waals surface area (Å²) < 4.78 is 27.4. The predicted octanol–water partition coefficient (Wildman–Crippen LogP) is 2.52. The first-order chi connectivity index (χ1) is 16.3. The molecule has 1 aliphatic rings. The smallest absolute Gasteiger partial charge is 0.291 e. The summed E-state index contributed by atoms with van der Waals surface area (Å²) in [5.74, 6) is -0.291. The minimum absolute atomic E-state index is 0.0573. The summed E-state index contributed by atoms with van der Waals surface area (Å²) in [5.41, 5.74) is 3.37. The molecule has 0 radical (unpaired) electrons. The second-order valence-electron chi connectivity index (χ2n) is 7.86. The van der Waals surface area contributed by atoms with Gasteiger partial charge in [-0.1, -0.05) is 17.7 Å². The Kier molecular flexibility index (Phi) is 5.76. The van der Waals surface area contributed by atoms with Crippen LogP contribution in [0.4, 0.5) is 0 Å². The molecule has 4 aromatic rings. The van der Waals surface area contributed by atoms with Crippen molar-refractivity contribution in [3.05, 3.63) is 65.3 Å². The lowest BCUT2D eigenvalue weighted by Gasteiger charge is -2.33. The zero-order chi connectivity index (χ0) is 23.9. The Balaban J connectivity index is 1.26. The fourth-order valence-corrected chi connectivity index (χ4v) is 5.26. The molecule has 1 fully saturated rings. The lowest BCUT2D eigenvalue weighted by atomic mass is 10.2. The highest BCUT2D eigenvalue weighted by Gasteiger charge is 2.33. The van der Waals surface area contributed by atoms with Crippen molar-refractivity contribution in [2.24, 2.45) is 0 Å². The number of hydrogen-bond acceptors (Lipinski definition) is 7. The molecule has 1 saturated heterocycles. The molecule has 4 heterocycles. The van der Waals surface area contributed by atoms with E-state index in [4.69, 9.17) is 11.6 Å². The van der Waals surface area contributed by atoms with Crippen LogP contribution in [-0.2, 0) is 10.0 Å². The van der Waals surface area contributed by atoms with Gasteiger partial charge in [-0.3, -0.25) is 9.78 Å². The fraction of sp³-hybridized carbons (Fsp3) is 0.227. The number of piperazine rings is 1. The highest BCUT2D eigenvalue weighted by molar-refractivity contribution is 7.89. The summed E-state index contributed by atoms with van der Waals surface area (Å²) in [6, 6.07) is 10.6. The Morgan fingerprint density at radius 1 is 1.03 bits per heavy atom. The van der Waals surface area contributed by atoms with Gasteiger partial charge in [-0.2, -0.15) is 4.31 Å². The van der Waals surface area contributed by atoms with E-state index in [2.05, 4.69) is 24.9 Å². The van der Waals surface area contributed by atoms with Crippen LogP contribution in [0.25, 0.3) is 22.3 Å². The Bertz CT molecular complexity index is 1480. The zero-order valence-electron chi connectivity index (χ0n) is 18.1. The number of fused-ring (bicyclic) bond motifs is 1. The van der Waals surface area contributed by atoms with E-state index in [-0.39, 0.29) is 43.1 Å². The minimum Gasteiger partial charge on any atom is -0.333 e. The highest BCUT2D eigenvalue weighted by Crippen LogP contribution is 2.22. The van der Waals surface area contributed by atoms with Crippen LogP contribution in [-0.4, -0.2) is 74.6 Å². The van der Waals surface area contributed by atoms with Gasteiger partial charge in [-0.05, 0) is 37.3 Å². The molecule has 0 atom stereocenters. The quantitative estimate of drug-likeness (QED) is 0.459. The van der Waals surface area contributed by atoms with Crippen molar-refractivity contribution >= 4 is 38.6 Å². The third-order valence-corrected chi connectivity index (χ3v) is 7.52. The third kappa shape index (κ3) is 4.25. The number of hydrogen-bond donors (Lipinski definition) is 1. The van der Waals surface area contributed by atoms with E-state index in [0.29, 0.717) is 21.6 Å². The molecule has 174 valence electrons. The van der Waals surface area contributed by atoms with E-state index >= 15 is 0 Å². The molecule has 1 aromatic carbocycles. The number of sulfonamides is 1. The Morgan fingerprint density at radius 3 is 2.47 bits per heavy atom. The molecule has 3 aromatic heterocycles. The maximum Gasteiger partial charge on any atom is 0.291 e. The average Bonchev–Trinajstić information content (AvgIpc) is 3.28. The van der Waals surface area contributed by atoms with E-state index in [9.17, 15) is 13.2 Å². The molecule has 1 N–H and O–H groups in total. The highest BCUT2D eigenvalue weighted by atomic mass is 35.5. The predicted molar refractivity (Wildman–Crippen MR) is 126 cm³/mol. The van der Waals surface area contributed by atoms with Crippen molar-refractivity contribution in [2.75, 3.05) is 26.2 Å². The maximum atomic E-state index is 13.0. The molecule has 0 bridgehead atoms. The number of carbonyl (C=O) groups excluding carboxylic acids is 1. The second kappa shape index (κ2) is 8.75. The number of carbonyl (C=O) groups is 1. The van der Waals surface area contributed by atoms with Crippen molar-refractivity contribution in [2.45, 2.75) is 12.1 Å². The summed E-state index contributed by atoms with van der Waals surface area (Å²) in [4.78, 5) is 34.3. The molecule has 34 heavy (non-hydrogen) atoms. The SMILES string of the molecule is Cc1cccc(-c2cnc(C(=O)N3CCN(S(=O)(=O)c4nc5ccc(Cl)cc5[nH]4)CC3)nc2)n1. The number of imidazole rings is 1. The van der Waals surface area contributed by atoms with E-state index in [0.717, 1.165) is 11.4 Å². The largest absolute Gasteiger partial charge is 0.333 e. The van der Waals surface area contributed by atoms with Crippen LogP contribution < -0.4 is 0 Å². The van der Waals surface area contributed by atoms with E-state index in [1.165, 1.54) is 4.31 Å². The molecule has 1 amide bonds. The molecule has 0 saturated carbocycles. The lowest BCUT2D eigenvalue weighted by molar-refractivity contribution is 0.0685. The Labute approximate surface area is 200 Å². The van der Waals surface area contributed by atoms with Crippen molar-refractivity contribution in [1.82, 2.24) is 34.1 Å². The summed E-state index contributed by atoms with van der Waals surface area (Å²) in [6.07, 6.45) is 3.13. The zero-order valence-corrected chi connectivity index (χ0v) is 19.7. The van der Waals surface area contributed by atoms with Crippen molar-refractivity contribution in [3.63, 3.8) is 0 Å². The fourth-order valence-electron chi connectivity index (χ4n) is 3.75. The van der Waals surface area contributed by atoms with Crippen LogP contribution in [0.3, 0.4) is 0 Å². The van der Waals surface area contributed by atoms with Crippen LogP contribution in [0, 0.1) is 6.92 Å². The average molecular weight is 498 g/mol. The first-order valence-electron chi connectivity index (χ1n) is 10.5. The van der Waals surface area contributed by atoms with E-state index < -0.39 is 10.0 Å². The molecule has 0 aliphatic carbocycles. The van der Waals surface area contributed by atoms with Crippen LogP contribution in [0.5, 0.6) is 0 Å². The van der Waals surface area contributed by atoms with Gasteiger partial charge in [0.25, 0.3) is 15.9 Å². The minimum atomic E-state index is -3.84. The van der Waals surface area contributed by atoms with Crippen LogP contribution in [0.2, 0.25) is 5.02 Å². The number of nitrogens with zero attached hydrogens (tertiary/aromatic N) is 6. The van der Waals surface area contributed by atoms with E-state index in [1.54, 1.807) is 35.5 Å². The number of halogens is 1. The van der Waals surface area contributed by atoms with Gasteiger partial charge in [0.15, 0.2) is 0 Å². The van der Waals surface area contributed by atoms with Gasteiger partial charge >= 0.3 is 0 Å². The van der Waals surface area contributed by atoms with Gasteiger partial charge in [-0.25, -0.2) is 23.4 Å². The van der Waals surface area contributed by atoms with Gasteiger partial charge in [0.2, 0.25) is 11.0 Å².